The smallest absolute Gasteiger partial charge is 0.169 e. The molecule has 0 aromatic carbocycles. The van der Waals surface area contributed by atoms with Gasteiger partial charge in [0, 0.05) is 6.61 Å². The number of hydrogen-bond donors (Lipinski definition) is 2. The standard InChI is InChI=1S/C8H19NO2/c1-3-5-6-11-8(10)7(9)4-2/h7-8,10H,3-6,9H2,1-2H3. The van der Waals surface area contributed by atoms with Crippen LogP contribution in [-0.2, 0) is 4.74 Å². The summed E-state index contributed by atoms with van der Waals surface area (Å²) in [6.07, 6.45) is 2.01. The Morgan fingerprint density at radius 1 is 1.45 bits per heavy atom. The Morgan fingerprint density at radius 3 is 2.55 bits per heavy atom. The van der Waals surface area contributed by atoms with Crippen molar-refractivity contribution in [1.82, 2.24) is 0 Å². The lowest BCUT2D eigenvalue weighted by molar-refractivity contribution is -0.114. The average molecular weight is 161 g/mol. The van der Waals surface area contributed by atoms with Crippen molar-refractivity contribution in [1.29, 1.82) is 0 Å². The third-order valence-corrected chi connectivity index (χ3v) is 1.62. The first kappa shape index (κ1) is 10.9. The zero-order valence-electron chi connectivity index (χ0n) is 7.42. The number of aliphatic hydroxyl groups excluding tert-OH is 1. The molecule has 0 spiro atoms. The molecule has 0 amide bonds. The highest BCUT2D eigenvalue weighted by atomic mass is 16.6. The maximum atomic E-state index is 9.20. The molecule has 0 bridgehead atoms. The van der Waals surface area contributed by atoms with E-state index in [-0.39, 0.29) is 6.04 Å². The number of unbranched alkanes of at least 4 members (excludes halogenated alkanes) is 1. The van der Waals surface area contributed by atoms with Crippen molar-refractivity contribution in [2.45, 2.75) is 45.4 Å². The second kappa shape index (κ2) is 6.58. The van der Waals surface area contributed by atoms with E-state index in [2.05, 4.69) is 6.92 Å². The minimum absolute atomic E-state index is 0.244. The van der Waals surface area contributed by atoms with E-state index in [0.717, 1.165) is 19.3 Å². The van der Waals surface area contributed by atoms with Gasteiger partial charge in [0.1, 0.15) is 0 Å². The molecule has 68 valence electrons. The summed E-state index contributed by atoms with van der Waals surface area (Å²) in [5.41, 5.74) is 5.52. The lowest BCUT2D eigenvalue weighted by Gasteiger charge is -2.17. The van der Waals surface area contributed by atoms with Crippen LogP contribution in [0, 0.1) is 0 Å². The number of nitrogens with two attached hydrogens (primary N) is 1. The topological polar surface area (TPSA) is 55.5 Å². The summed E-state index contributed by atoms with van der Waals surface area (Å²) in [6.45, 7) is 4.61. The largest absolute Gasteiger partial charge is 0.367 e. The molecule has 0 fully saturated rings. The van der Waals surface area contributed by atoms with Crippen molar-refractivity contribution in [3.05, 3.63) is 0 Å². The van der Waals surface area contributed by atoms with Gasteiger partial charge >= 0.3 is 0 Å². The van der Waals surface area contributed by atoms with Crippen molar-refractivity contribution in [3.8, 4) is 0 Å². The second-order valence-corrected chi connectivity index (χ2v) is 2.69. The molecule has 2 unspecified atom stereocenters. The lowest BCUT2D eigenvalue weighted by Crippen LogP contribution is -2.36. The summed E-state index contributed by atoms with van der Waals surface area (Å²) >= 11 is 0. The Balaban J connectivity index is 3.28. The van der Waals surface area contributed by atoms with Crippen molar-refractivity contribution >= 4 is 0 Å². The average Bonchev–Trinajstić information content (AvgIpc) is 2.03. The van der Waals surface area contributed by atoms with E-state index < -0.39 is 6.29 Å². The molecular weight excluding hydrogens is 142 g/mol. The predicted octanol–water partition coefficient (Wildman–Crippen LogP) is 0.859. The lowest BCUT2D eigenvalue weighted by atomic mass is 10.2. The SMILES string of the molecule is CCCCOC(O)C(N)CC. The van der Waals surface area contributed by atoms with Gasteiger partial charge in [0.25, 0.3) is 0 Å². The number of rotatable bonds is 6. The summed E-state index contributed by atoms with van der Waals surface area (Å²) in [5, 5.41) is 9.20. The van der Waals surface area contributed by atoms with E-state index in [0.29, 0.717) is 6.61 Å². The van der Waals surface area contributed by atoms with E-state index in [1.165, 1.54) is 0 Å². The molecule has 2 atom stereocenters. The molecule has 0 aliphatic rings. The van der Waals surface area contributed by atoms with Crippen molar-refractivity contribution < 1.29 is 9.84 Å². The first-order valence-electron chi connectivity index (χ1n) is 4.27. The van der Waals surface area contributed by atoms with Gasteiger partial charge < -0.3 is 15.6 Å². The quantitative estimate of drug-likeness (QED) is 0.448. The maximum Gasteiger partial charge on any atom is 0.169 e. The van der Waals surface area contributed by atoms with Crippen LogP contribution in [-0.4, -0.2) is 24.0 Å². The van der Waals surface area contributed by atoms with E-state index in [1.807, 2.05) is 6.92 Å². The predicted molar refractivity (Wildman–Crippen MR) is 45.1 cm³/mol. The molecule has 0 radical (unpaired) electrons. The van der Waals surface area contributed by atoms with Gasteiger partial charge in [-0.1, -0.05) is 20.3 Å². The Hall–Kier alpha value is -0.120. The maximum absolute atomic E-state index is 9.20. The molecule has 3 nitrogen and oxygen atoms in total. The highest BCUT2D eigenvalue weighted by Gasteiger charge is 2.11. The summed E-state index contributed by atoms with van der Waals surface area (Å²) in [6, 6.07) is -0.244. The van der Waals surface area contributed by atoms with Crippen LogP contribution in [0.15, 0.2) is 0 Å². The van der Waals surface area contributed by atoms with Gasteiger partial charge in [0.05, 0.1) is 6.04 Å². The van der Waals surface area contributed by atoms with Crippen LogP contribution < -0.4 is 5.73 Å². The summed E-state index contributed by atoms with van der Waals surface area (Å²) in [7, 11) is 0. The zero-order valence-corrected chi connectivity index (χ0v) is 7.42. The summed E-state index contributed by atoms with van der Waals surface area (Å²) in [4.78, 5) is 0. The number of ether oxygens (including phenoxy) is 1. The van der Waals surface area contributed by atoms with Gasteiger partial charge in [-0.2, -0.15) is 0 Å². The van der Waals surface area contributed by atoms with Gasteiger partial charge in [0.2, 0.25) is 0 Å². The van der Waals surface area contributed by atoms with Crippen LogP contribution in [0.5, 0.6) is 0 Å². The minimum Gasteiger partial charge on any atom is -0.367 e. The van der Waals surface area contributed by atoms with Crippen LogP contribution in [0.25, 0.3) is 0 Å². The number of aliphatic hydroxyl groups is 1. The fraction of sp³-hybridized carbons (Fsp3) is 1.00. The molecule has 0 aliphatic carbocycles. The van der Waals surface area contributed by atoms with Crippen LogP contribution in [0.2, 0.25) is 0 Å². The van der Waals surface area contributed by atoms with Crippen molar-refractivity contribution in [2.75, 3.05) is 6.61 Å². The highest BCUT2D eigenvalue weighted by Crippen LogP contribution is 1.98. The Morgan fingerprint density at radius 2 is 2.09 bits per heavy atom. The Kier molecular flexibility index (Phi) is 6.51. The fourth-order valence-corrected chi connectivity index (χ4v) is 0.674. The number of hydrogen-bond acceptors (Lipinski definition) is 3. The third-order valence-electron chi connectivity index (χ3n) is 1.62. The van der Waals surface area contributed by atoms with E-state index in [1.54, 1.807) is 0 Å². The van der Waals surface area contributed by atoms with Crippen molar-refractivity contribution in [2.24, 2.45) is 5.73 Å². The highest BCUT2D eigenvalue weighted by molar-refractivity contribution is 4.60. The monoisotopic (exact) mass is 161 g/mol. The normalized spacial score (nSPS) is 16.4. The fourth-order valence-electron chi connectivity index (χ4n) is 0.674. The van der Waals surface area contributed by atoms with Crippen LogP contribution >= 0.6 is 0 Å². The summed E-state index contributed by atoms with van der Waals surface area (Å²) in [5.74, 6) is 0. The van der Waals surface area contributed by atoms with Crippen LogP contribution in [0.4, 0.5) is 0 Å². The zero-order chi connectivity index (χ0) is 8.69. The van der Waals surface area contributed by atoms with Crippen molar-refractivity contribution in [3.63, 3.8) is 0 Å². The van der Waals surface area contributed by atoms with Gasteiger partial charge in [0.15, 0.2) is 6.29 Å². The van der Waals surface area contributed by atoms with Crippen LogP contribution in [0.1, 0.15) is 33.1 Å². The molecule has 0 saturated carbocycles. The molecule has 3 heteroatoms. The first-order valence-corrected chi connectivity index (χ1v) is 4.27. The molecule has 0 saturated heterocycles. The van der Waals surface area contributed by atoms with Gasteiger partial charge in [-0.05, 0) is 12.8 Å². The second-order valence-electron chi connectivity index (χ2n) is 2.69. The van der Waals surface area contributed by atoms with E-state index in [4.69, 9.17) is 10.5 Å². The molecule has 0 aromatic heterocycles. The third kappa shape index (κ3) is 5.18. The minimum atomic E-state index is -0.786. The molecular formula is C8H19NO2. The molecule has 0 rings (SSSR count). The molecule has 0 heterocycles. The van der Waals surface area contributed by atoms with E-state index >= 15 is 0 Å². The first-order chi connectivity index (χ1) is 5.22. The van der Waals surface area contributed by atoms with Gasteiger partial charge in [-0.25, -0.2) is 0 Å². The van der Waals surface area contributed by atoms with Gasteiger partial charge in [-0.15, -0.1) is 0 Å². The molecule has 11 heavy (non-hydrogen) atoms. The van der Waals surface area contributed by atoms with Crippen LogP contribution in [0.3, 0.4) is 0 Å². The summed E-state index contributed by atoms with van der Waals surface area (Å²) < 4.78 is 5.07. The Labute approximate surface area is 68.5 Å². The molecule has 0 aliphatic heterocycles. The van der Waals surface area contributed by atoms with Gasteiger partial charge in [-0.3, -0.25) is 0 Å². The van der Waals surface area contributed by atoms with E-state index in [9.17, 15) is 5.11 Å². The Bertz CT molecular complexity index is 88.2. The molecule has 0 aromatic rings. The molecule has 3 N–H and O–H groups in total.